The molecule has 0 aromatic heterocycles. The van der Waals surface area contributed by atoms with Crippen LogP contribution in [0.25, 0.3) is 21.5 Å². The first-order valence-electron chi connectivity index (χ1n) is 14.8. The van der Waals surface area contributed by atoms with Gasteiger partial charge >= 0.3 is 0 Å². The van der Waals surface area contributed by atoms with Crippen LogP contribution in [0.1, 0.15) is 36.6 Å². The van der Waals surface area contributed by atoms with Crippen LogP contribution in [-0.2, 0) is 19.5 Å². The summed E-state index contributed by atoms with van der Waals surface area (Å²) in [7, 11) is -4.44. The molecule has 0 unspecified atom stereocenters. The molecule has 14 heteroatoms. The van der Waals surface area contributed by atoms with Crippen LogP contribution >= 0.6 is 12.0 Å². The number of hydrogen-bond donors (Lipinski definition) is 5. The summed E-state index contributed by atoms with van der Waals surface area (Å²) in [5, 5.41) is 23.0. The number of amides is 3. The molecule has 0 saturated carbocycles. The van der Waals surface area contributed by atoms with Gasteiger partial charge in [0.15, 0.2) is 0 Å². The van der Waals surface area contributed by atoms with Crippen molar-refractivity contribution in [1.82, 2.24) is 0 Å². The lowest BCUT2D eigenvalue weighted by molar-refractivity contribution is -0.432. The molecule has 0 spiro atoms. The zero-order valence-electron chi connectivity index (χ0n) is 26.0. The molecule has 6 rings (SSSR count). The standard InChI is InChI=1S/C36H27N3O9S2/c1-21-5-2-8-24(15-21)34(40)37-27-17-25(35(41)38-32-9-3-6-22-19-28(49-48-47-43)11-13-30(22)32)16-26(18-27)36(42)39-33-10-4-7-23-20-29(50(44,45)46)12-14-31(23)33/h2-20,43H,1H3,(H,37,40)(H,38,41)(H,39,42)(H,44,45,46). The van der Waals surface area contributed by atoms with Gasteiger partial charge in [0.2, 0.25) is 0 Å². The SMILES string of the molecule is Cc1cccc(C(=O)Nc2cc(C(=O)Nc3cccc4cc(SOOO)ccc34)cc(C(=O)Nc3cccc4cc(S(=O)(=O)O)ccc34)c2)c1. The summed E-state index contributed by atoms with van der Waals surface area (Å²) in [4.78, 5) is 41.0. The second-order valence-electron chi connectivity index (χ2n) is 11.1. The lowest BCUT2D eigenvalue weighted by Crippen LogP contribution is -2.18. The van der Waals surface area contributed by atoms with Gasteiger partial charge in [0, 0.05) is 49.4 Å². The number of benzene rings is 6. The molecule has 6 aromatic carbocycles. The number of hydrogen-bond acceptors (Lipinski definition) is 9. The summed E-state index contributed by atoms with van der Waals surface area (Å²) in [6.07, 6.45) is 0. The molecule has 0 saturated heterocycles. The molecule has 3 amide bonds. The Labute approximate surface area is 289 Å². The van der Waals surface area contributed by atoms with Crippen molar-refractivity contribution in [3.8, 4) is 0 Å². The molecule has 50 heavy (non-hydrogen) atoms. The fourth-order valence-electron chi connectivity index (χ4n) is 5.35. The third kappa shape index (κ3) is 7.82. The Morgan fingerprint density at radius 1 is 0.640 bits per heavy atom. The van der Waals surface area contributed by atoms with Gasteiger partial charge in [0.1, 0.15) is 0 Å². The van der Waals surface area contributed by atoms with Crippen molar-refractivity contribution in [2.75, 3.05) is 16.0 Å². The number of carbonyl (C=O) groups excluding carboxylic acids is 3. The molecule has 6 aromatic rings. The Kier molecular flexibility index (Phi) is 9.92. The zero-order valence-corrected chi connectivity index (χ0v) is 27.7. The predicted octanol–water partition coefficient (Wildman–Crippen LogP) is 7.73. The minimum atomic E-state index is -4.44. The molecule has 0 atom stereocenters. The van der Waals surface area contributed by atoms with Gasteiger partial charge in [0.05, 0.1) is 16.9 Å². The normalized spacial score (nSPS) is 11.3. The minimum Gasteiger partial charge on any atom is -0.322 e. The van der Waals surface area contributed by atoms with E-state index in [0.29, 0.717) is 38.0 Å². The van der Waals surface area contributed by atoms with Crippen molar-refractivity contribution >= 4 is 78.5 Å². The highest BCUT2D eigenvalue weighted by molar-refractivity contribution is 7.94. The van der Waals surface area contributed by atoms with Gasteiger partial charge in [-0.2, -0.15) is 8.42 Å². The van der Waals surface area contributed by atoms with Crippen LogP contribution in [0.4, 0.5) is 17.1 Å². The van der Waals surface area contributed by atoms with Crippen LogP contribution < -0.4 is 16.0 Å². The van der Waals surface area contributed by atoms with E-state index < -0.39 is 27.8 Å². The third-order valence-electron chi connectivity index (χ3n) is 7.65. The smallest absolute Gasteiger partial charge is 0.294 e. The van der Waals surface area contributed by atoms with E-state index in [9.17, 15) is 27.4 Å². The Morgan fingerprint density at radius 3 is 1.82 bits per heavy atom. The van der Waals surface area contributed by atoms with Crippen molar-refractivity contribution in [2.24, 2.45) is 0 Å². The van der Waals surface area contributed by atoms with Crippen molar-refractivity contribution in [3.05, 3.63) is 138 Å². The van der Waals surface area contributed by atoms with Gasteiger partial charge in [-0.25, -0.2) is 5.26 Å². The van der Waals surface area contributed by atoms with E-state index in [1.807, 2.05) is 19.1 Å². The second kappa shape index (κ2) is 14.5. The summed E-state index contributed by atoms with van der Waals surface area (Å²) in [6, 6.07) is 30.6. The Bertz CT molecular complexity index is 2420. The molecule has 0 aliphatic carbocycles. The van der Waals surface area contributed by atoms with Crippen LogP contribution in [0.5, 0.6) is 0 Å². The van der Waals surface area contributed by atoms with E-state index in [-0.39, 0.29) is 21.7 Å². The molecule has 0 radical (unpaired) electrons. The molecule has 5 N–H and O–H groups in total. The Balaban J connectivity index is 1.34. The van der Waals surface area contributed by atoms with Crippen LogP contribution in [-0.4, -0.2) is 35.9 Å². The van der Waals surface area contributed by atoms with Crippen molar-refractivity contribution in [2.45, 2.75) is 16.7 Å². The maximum atomic E-state index is 13.7. The van der Waals surface area contributed by atoms with Crippen LogP contribution in [0.2, 0.25) is 0 Å². The molecule has 0 bridgehead atoms. The van der Waals surface area contributed by atoms with E-state index in [1.165, 1.54) is 36.4 Å². The number of aryl methyl sites for hydroxylation is 1. The molecule has 0 heterocycles. The number of rotatable bonds is 10. The number of nitrogens with one attached hydrogen (secondary N) is 3. The first kappa shape index (κ1) is 34.3. The van der Waals surface area contributed by atoms with Gasteiger partial charge in [-0.15, -0.1) is 4.33 Å². The van der Waals surface area contributed by atoms with E-state index in [1.54, 1.807) is 66.7 Å². The average Bonchev–Trinajstić information content (AvgIpc) is 3.10. The fraction of sp³-hybridized carbons (Fsp3) is 0.0278. The summed E-state index contributed by atoms with van der Waals surface area (Å²) in [6.45, 7) is 1.85. The first-order chi connectivity index (χ1) is 24.0. The quantitative estimate of drug-likeness (QED) is 0.0409. The number of carbonyl (C=O) groups is 3. The molecule has 12 nitrogen and oxygen atoms in total. The minimum absolute atomic E-state index is 0.0504. The fourth-order valence-corrected chi connectivity index (χ4v) is 6.27. The summed E-state index contributed by atoms with van der Waals surface area (Å²) in [5.41, 5.74) is 2.40. The monoisotopic (exact) mass is 709 g/mol. The average molecular weight is 710 g/mol. The van der Waals surface area contributed by atoms with Gasteiger partial charge < -0.3 is 16.0 Å². The number of anilines is 3. The van der Waals surface area contributed by atoms with Gasteiger partial charge in [-0.3, -0.25) is 18.9 Å². The van der Waals surface area contributed by atoms with Gasteiger partial charge in [-0.05, 0) is 84.4 Å². The van der Waals surface area contributed by atoms with Crippen LogP contribution in [0, 0.1) is 6.92 Å². The lowest BCUT2D eigenvalue weighted by Gasteiger charge is -2.14. The third-order valence-corrected chi connectivity index (χ3v) is 9.08. The van der Waals surface area contributed by atoms with Crippen molar-refractivity contribution < 1.29 is 42.0 Å². The zero-order chi connectivity index (χ0) is 35.4. The number of fused-ring (bicyclic) bond motifs is 2. The summed E-state index contributed by atoms with van der Waals surface area (Å²) < 4.78 is 37.3. The van der Waals surface area contributed by atoms with Gasteiger partial charge in [-0.1, -0.05) is 59.1 Å². The van der Waals surface area contributed by atoms with E-state index >= 15 is 0 Å². The highest BCUT2D eigenvalue weighted by Gasteiger charge is 2.18. The van der Waals surface area contributed by atoms with Crippen LogP contribution in [0.15, 0.2) is 125 Å². The lowest BCUT2D eigenvalue weighted by atomic mass is 10.0. The molecular weight excluding hydrogens is 683 g/mol. The Hall–Kier alpha value is -5.61. The van der Waals surface area contributed by atoms with E-state index in [4.69, 9.17) is 5.26 Å². The van der Waals surface area contributed by atoms with E-state index in [2.05, 4.69) is 25.3 Å². The van der Waals surface area contributed by atoms with Crippen LogP contribution in [0.3, 0.4) is 0 Å². The highest BCUT2D eigenvalue weighted by atomic mass is 32.2. The van der Waals surface area contributed by atoms with E-state index in [0.717, 1.165) is 23.0 Å². The molecule has 0 aliphatic rings. The molecule has 0 fully saturated rings. The first-order valence-corrected chi connectivity index (χ1v) is 17.0. The highest BCUT2D eigenvalue weighted by Crippen LogP contribution is 2.30. The Morgan fingerprint density at radius 2 is 1.22 bits per heavy atom. The van der Waals surface area contributed by atoms with Crippen molar-refractivity contribution in [1.29, 1.82) is 0 Å². The maximum Gasteiger partial charge on any atom is 0.294 e. The van der Waals surface area contributed by atoms with Crippen molar-refractivity contribution in [3.63, 3.8) is 0 Å². The summed E-state index contributed by atoms with van der Waals surface area (Å²) >= 11 is 0.798. The predicted molar refractivity (Wildman–Crippen MR) is 190 cm³/mol. The molecule has 252 valence electrons. The largest absolute Gasteiger partial charge is 0.322 e. The maximum absolute atomic E-state index is 13.7. The molecular formula is C36H27N3O9S2. The molecule has 0 aliphatic heterocycles. The van der Waals surface area contributed by atoms with Gasteiger partial charge in [0.25, 0.3) is 27.8 Å². The summed E-state index contributed by atoms with van der Waals surface area (Å²) in [5.74, 6) is -1.61. The topological polar surface area (TPSA) is 180 Å². The second-order valence-corrected chi connectivity index (χ2v) is 13.3.